The molecule has 2 aromatic heterocycles. The lowest BCUT2D eigenvalue weighted by atomic mass is 9.65. The lowest BCUT2D eigenvalue weighted by Gasteiger charge is -2.47. The molecule has 5 aromatic rings. The zero-order chi connectivity index (χ0) is 52.9. The number of aromatic hydroxyl groups is 1. The molecule has 400 valence electrons. The molecule has 17 nitrogen and oxygen atoms in total. The first-order valence-electron chi connectivity index (χ1n) is 26.6. The summed E-state index contributed by atoms with van der Waals surface area (Å²) in [5.74, 6) is 1.79. The molecule has 6 heterocycles. The van der Waals surface area contributed by atoms with Crippen LogP contribution in [-0.4, -0.2) is 162 Å². The smallest absolute Gasteiger partial charge is 0.328 e. The van der Waals surface area contributed by atoms with E-state index >= 15 is 8.78 Å². The van der Waals surface area contributed by atoms with E-state index in [1.165, 1.54) is 68.2 Å². The molecule has 76 heavy (non-hydrogen) atoms. The number of aliphatic hydroxyl groups is 1. The molecule has 3 aromatic carbocycles. The molecule has 1 atom stereocenters. The maximum absolute atomic E-state index is 17.2. The third-order valence-electron chi connectivity index (χ3n) is 16.9. The van der Waals surface area contributed by atoms with Gasteiger partial charge in [0, 0.05) is 100.0 Å². The van der Waals surface area contributed by atoms with Gasteiger partial charge in [0.25, 0.3) is 5.91 Å². The number of pyridine rings is 1. The first-order chi connectivity index (χ1) is 36.6. The van der Waals surface area contributed by atoms with Crippen molar-refractivity contribution in [1.29, 1.82) is 0 Å². The summed E-state index contributed by atoms with van der Waals surface area (Å²) in [5.41, 5.74) is -0.330. The number of hydrogen-bond acceptors (Lipinski definition) is 14. The van der Waals surface area contributed by atoms with E-state index in [1.807, 2.05) is 9.80 Å². The van der Waals surface area contributed by atoms with Crippen LogP contribution in [0.15, 0.2) is 48.7 Å². The molecule has 2 saturated carbocycles. The van der Waals surface area contributed by atoms with E-state index in [0.29, 0.717) is 67.0 Å². The van der Waals surface area contributed by atoms with Crippen molar-refractivity contribution in [3.8, 4) is 41.1 Å². The van der Waals surface area contributed by atoms with E-state index in [1.54, 1.807) is 25.1 Å². The Hall–Kier alpha value is -6.72. The number of benzene rings is 3. The maximum atomic E-state index is 17.2. The van der Waals surface area contributed by atoms with Gasteiger partial charge in [-0.3, -0.25) is 24.8 Å². The second-order valence-electron chi connectivity index (χ2n) is 22.4. The molecule has 4 saturated heterocycles. The van der Waals surface area contributed by atoms with Gasteiger partial charge in [0.1, 0.15) is 39.9 Å². The molecule has 4 aliphatic heterocycles. The summed E-state index contributed by atoms with van der Waals surface area (Å²) in [6, 6.07) is 10.1. The number of ether oxygens (including phenoxy) is 3. The first kappa shape index (κ1) is 51.4. The number of imide groups is 1. The van der Waals surface area contributed by atoms with E-state index in [0.717, 1.165) is 65.0 Å². The molecule has 6 aliphatic rings. The van der Waals surface area contributed by atoms with Gasteiger partial charge in [0.2, 0.25) is 5.91 Å². The number of phenols is 1. The highest BCUT2D eigenvalue weighted by Crippen LogP contribution is 2.49. The van der Waals surface area contributed by atoms with E-state index in [-0.39, 0.29) is 93.6 Å². The monoisotopic (exact) mass is 1040 g/mol. The van der Waals surface area contributed by atoms with Crippen molar-refractivity contribution in [3.63, 3.8) is 0 Å². The molecule has 19 heteroatoms. The van der Waals surface area contributed by atoms with Crippen LogP contribution in [0.2, 0.25) is 0 Å². The van der Waals surface area contributed by atoms with E-state index < -0.39 is 23.3 Å². The van der Waals surface area contributed by atoms with Gasteiger partial charge in [0.15, 0.2) is 5.82 Å². The summed E-state index contributed by atoms with van der Waals surface area (Å²) in [6.45, 7) is 10.4. The number of phenolic OH excluding ortho intramolecular Hbond substituents is 1. The SMILES string of the molecule is C#Cc1c(F)ccc2cc(O)cc(-c3ncc4c(N5CCOCC(C)(O)C5)nc(OCC5(CN6CCN(CC7CCC8(CC7)CCN(C(=O)c7ccc(OC)c(N9CCC(=O)NC9=O)c7)CC8)CC6)CC5)nc4c3F)c12. The summed E-state index contributed by atoms with van der Waals surface area (Å²) in [4.78, 5) is 62.6. The number of piperidine rings is 1. The van der Waals surface area contributed by atoms with Crippen LogP contribution < -0.4 is 24.6 Å². The third kappa shape index (κ3) is 10.4. The first-order valence-corrected chi connectivity index (χ1v) is 26.6. The molecule has 6 fully saturated rings. The number of hydrogen-bond donors (Lipinski definition) is 3. The zero-order valence-electron chi connectivity index (χ0n) is 43.2. The topological polar surface area (TPSA) is 186 Å². The number of amides is 4. The lowest BCUT2D eigenvalue weighted by Crippen LogP contribution is -2.50. The molecule has 3 N–H and O–H groups in total. The van der Waals surface area contributed by atoms with Crippen molar-refractivity contribution in [1.82, 2.24) is 35.0 Å². The van der Waals surface area contributed by atoms with E-state index in [2.05, 4.69) is 31.0 Å². The number of nitrogens with one attached hydrogen (secondary N) is 1. The number of methoxy groups -OCH3 is 1. The lowest BCUT2D eigenvalue weighted by molar-refractivity contribution is -0.120. The molecule has 0 radical (unpaired) electrons. The third-order valence-corrected chi connectivity index (χ3v) is 16.9. The van der Waals surface area contributed by atoms with Crippen molar-refractivity contribution in [2.24, 2.45) is 16.7 Å². The van der Waals surface area contributed by atoms with Crippen LogP contribution in [0.4, 0.5) is 25.1 Å². The number of halogens is 2. The fraction of sp³-hybridized carbons (Fsp3) is 0.509. The fourth-order valence-corrected chi connectivity index (χ4v) is 12.3. The van der Waals surface area contributed by atoms with Gasteiger partial charge in [-0.05, 0) is 111 Å². The highest BCUT2D eigenvalue weighted by molar-refractivity contribution is 6.07. The molecule has 11 rings (SSSR count). The zero-order valence-corrected chi connectivity index (χ0v) is 43.2. The second-order valence-corrected chi connectivity index (χ2v) is 22.4. The Labute approximate surface area is 440 Å². The molecule has 4 amide bonds. The van der Waals surface area contributed by atoms with Gasteiger partial charge in [-0.25, -0.2) is 13.6 Å². The van der Waals surface area contributed by atoms with Crippen molar-refractivity contribution in [2.75, 3.05) is 109 Å². The standard InChI is InChI=1S/C57H65F2N9O8/c1-4-40-43(58)7-5-37-27-39(69)29-41(47(37)40)49-48(59)50-42(30-60-49)51(67-25-26-75-34-55(2,73)32-67)63-53(62-50)76-35-57(14-15-57)33-65-23-21-64(22-24-65)31-36-9-12-56(13-10-36)16-19-66(20-17-56)52(71)38-6-8-45(74-3)44(28-38)68-18-11-46(70)61-54(68)72/h1,5-8,27-30,36,69,73H,9-26,31-35H2,2-3H3,(H,61,70,72). The predicted molar refractivity (Wildman–Crippen MR) is 282 cm³/mol. The minimum Gasteiger partial charge on any atom is -0.508 e. The molecule has 1 unspecified atom stereocenters. The Morgan fingerprint density at radius 2 is 1.71 bits per heavy atom. The highest BCUT2D eigenvalue weighted by Gasteiger charge is 2.46. The van der Waals surface area contributed by atoms with Crippen molar-refractivity contribution in [2.45, 2.75) is 70.3 Å². The van der Waals surface area contributed by atoms with Crippen LogP contribution in [0.5, 0.6) is 17.5 Å². The molecular formula is C57H65F2N9O8. The van der Waals surface area contributed by atoms with Crippen LogP contribution in [0.25, 0.3) is 32.9 Å². The number of anilines is 2. The largest absolute Gasteiger partial charge is 0.508 e. The highest BCUT2D eigenvalue weighted by atomic mass is 19.1. The Morgan fingerprint density at radius 1 is 0.947 bits per heavy atom. The van der Waals surface area contributed by atoms with Crippen LogP contribution in [0, 0.1) is 40.7 Å². The summed E-state index contributed by atoms with van der Waals surface area (Å²) >= 11 is 0. The number of piperazine rings is 1. The average Bonchev–Trinajstić information content (AvgIpc) is 4.25. The van der Waals surface area contributed by atoms with Crippen molar-refractivity contribution >= 4 is 51.0 Å². The Morgan fingerprint density at radius 3 is 2.43 bits per heavy atom. The Bertz CT molecular complexity index is 3120. The number of rotatable bonds is 12. The van der Waals surface area contributed by atoms with Gasteiger partial charge in [-0.15, -0.1) is 6.42 Å². The number of carbonyl (C=O) groups is 3. The van der Waals surface area contributed by atoms with Gasteiger partial charge < -0.3 is 44.0 Å². The number of nitrogens with zero attached hydrogens (tertiary/aromatic N) is 8. The van der Waals surface area contributed by atoms with Gasteiger partial charge in [0.05, 0.1) is 50.1 Å². The van der Waals surface area contributed by atoms with E-state index in [4.69, 9.17) is 25.6 Å². The predicted octanol–water partition coefficient (Wildman–Crippen LogP) is 6.74. The summed E-state index contributed by atoms with van der Waals surface area (Å²) < 4.78 is 49.9. The van der Waals surface area contributed by atoms with Crippen LogP contribution >= 0.6 is 0 Å². The van der Waals surface area contributed by atoms with Crippen molar-refractivity contribution < 1.29 is 47.6 Å². The van der Waals surface area contributed by atoms with Gasteiger partial charge in [-0.1, -0.05) is 12.0 Å². The molecule has 1 spiro atoms. The van der Waals surface area contributed by atoms with Crippen LogP contribution in [-0.2, 0) is 9.53 Å². The maximum Gasteiger partial charge on any atom is 0.328 e. The number of aromatic nitrogens is 3. The Balaban J connectivity index is 0.701. The number of β-amino-alcohol motifs (C(OH)–C–C–N with tert-alkyl or cyclic N) is 1. The fourth-order valence-electron chi connectivity index (χ4n) is 12.3. The Kier molecular flexibility index (Phi) is 14.0. The summed E-state index contributed by atoms with van der Waals surface area (Å²) in [6.07, 6.45) is 16.0. The normalized spacial score (nSPS) is 22.4. The minimum absolute atomic E-state index is 0.0157. The second kappa shape index (κ2) is 20.7. The van der Waals surface area contributed by atoms with Crippen LogP contribution in [0.3, 0.4) is 0 Å². The number of terminal acetylenes is 1. The van der Waals surface area contributed by atoms with Crippen molar-refractivity contribution in [3.05, 3.63) is 71.4 Å². The number of fused-ring (bicyclic) bond motifs is 2. The van der Waals surface area contributed by atoms with Gasteiger partial charge in [-0.2, -0.15) is 9.97 Å². The number of carbonyl (C=O) groups excluding carboxylic acids is 3. The molecule has 2 aliphatic carbocycles. The molecule has 0 bridgehead atoms. The van der Waals surface area contributed by atoms with Crippen LogP contribution in [0.1, 0.15) is 80.6 Å². The number of urea groups is 1. The average molecular weight is 1040 g/mol. The van der Waals surface area contributed by atoms with Gasteiger partial charge >= 0.3 is 12.0 Å². The minimum atomic E-state index is -1.23. The molecular weight excluding hydrogens is 977 g/mol. The van der Waals surface area contributed by atoms with E-state index in [9.17, 15) is 24.6 Å². The number of likely N-dealkylation sites (tertiary alicyclic amines) is 1. The summed E-state index contributed by atoms with van der Waals surface area (Å²) in [7, 11) is 1.52. The quantitative estimate of drug-likeness (QED) is 0.112. The summed E-state index contributed by atoms with van der Waals surface area (Å²) in [5, 5.41) is 25.2.